The molecule has 0 saturated carbocycles. The van der Waals surface area contributed by atoms with Crippen molar-refractivity contribution in [1.82, 2.24) is 0 Å². The van der Waals surface area contributed by atoms with Crippen LogP contribution in [0.15, 0.2) is 12.1 Å². The fraction of sp³-hybridized carbons (Fsp3) is 0.364. The average Bonchev–Trinajstić information content (AvgIpc) is 2.56. The highest BCUT2D eigenvalue weighted by Gasteiger charge is 2.24. The molecule has 0 aliphatic carbocycles. The molecule has 0 N–H and O–H groups in total. The molecule has 74 valence electrons. The van der Waals surface area contributed by atoms with Crippen LogP contribution in [0.5, 0.6) is 11.5 Å². The molecule has 0 bridgehead atoms. The van der Waals surface area contributed by atoms with Gasteiger partial charge in [0.15, 0.2) is 17.8 Å². The van der Waals surface area contributed by atoms with Gasteiger partial charge in [-0.25, -0.2) is 0 Å². The van der Waals surface area contributed by atoms with Crippen molar-refractivity contribution < 1.29 is 14.3 Å². The molecule has 0 radical (unpaired) electrons. The van der Waals surface area contributed by atoms with Crippen LogP contribution in [0.4, 0.5) is 0 Å². The maximum atomic E-state index is 10.7. The topological polar surface area (TPSA) is 35.5 Å². The number of rotatable bonds is 2. The van der Waals surface area contributed by atoms with Crippen molar-refractivity contribution in [1.29, 1.82) is 0 Å². The first-order valence-corrected chi connectivity index (χ1v) is 4.58. The molecule has 1 heterocycles. The molecule has 1 aliphatic rings. The molecule has 1 atom stereocenters. The van der Waals surface area contributed by atoms with Crippen molar-refractivity contribution in [3.05, 3.63) is 23.3 Å². The summed E-state index contributed by atoms with van der Waals surface area (Å²) < 4.78 is 10.8. The van der Waals surface area contributed by atoms with E-state index in [2.05, 4.69) is 0 Å². The first-order valence-electron chi connectivity index (χ1n) is 4.58. The lowest BCUT2D eigenvalue weighted by Crippen LogP contribution is -2.05. The van der Waals surface area contributed by atoms with Gasteiger partial charge in [0.25, 0.3) is 0 Å². The Hall–Kier alpha value is -1.51. The van der Waals surface area contributed by atoms with Gasteiger partial charge in [-0.15, -0.1) is 0 Å². The minimum Gasteiger partial charge on any atom is -0.492 e. The number of benzene rings is 1. The minimum atomic E-state index is 0.167. The third-order valence-electron chi connectivity index (χ3n) is 2.38. The van der Waals surface area contributed by atoms with E-state index in [1.807, 2.05) is 13.0 Å². The minimum absolute atomic E-state index is 0.167. The van der Waals surface area contributed by atoms with E-state index in [0.717, 1.165) is 24.0 Å². The van der Waals surface area contributed by atoms with E-state index < -0.39 is 0 Å². The molecule has 0 fully saturated rings. The lowest BCUT2D eigenvalue weighted by atomic mass is 10.1. The van der Waals surface area contributed by atoms with Gasteiger partial charge in [0.2, 0.25) is 0 Å². The number of aldehydes is 1. The zero-order valence-electron chi connectivity index (χ0n) is 8.24. The molecule has 0 aromatic heterocycles. The Labute approximate surface area is 82.6 Å². The SMILES string of the molecule is COc1c(C=O)ccc2c1OC(C)C2. The monoisotopic (exact) mass is 192 g/mol. The second-order valence-electron chi connectivity index (χ2n) is 3.43. The summed E-state index contributed by atoms with van der Waals surface area (Å²) in [4.78, 5) is 10.7. The van der Waals surface area contributed by atoms with Crippen LogP contribution in [0, 0.1) is 0 Å². The van der Waals surface area contributed by atoms with Crippen LogP contribution >= 0.6 is 0 Å². The van der Waals surface area contributed by atoms with Gasteiger partial charge in [-0.05, 0) is 13.0 Å². The van der Waals surface area contributed by atoms with Crippen molar-refractivity contribution in [3.63, 3.8) is 0 Å². The Balaban J connectivity index is 2.54. The summed E-state index contributed by atoms with van der Waals surface area (Å²) in [5.74, 6) is 1.28. The standard InChI is InChI=1S/C11H12O3/c1-7-5-8-3-4-9(6-12)10(13-2)11(8)14-7/h3-4,6-7H,5H2,1-2H3. The van der Waals surface area contributed by atoms with Crippen LogP contribution < -0.4 is 9.47 Å². The second kappa shape index (κ2) is 3.33. The second-order valence-corrected chi connectivity index (χ2v) is 3.43. The van der Waals surface area contributed by atoms with Gasteiger partial charge in [-0.2, -0.15) is 0 Å². The molecule has 0 saturated heterocycles. The van der Waals surface area contributed by atoms with Gasteiger partial charge in [-0.3, -0.25) is 4.79 Å². The lowest BCUT2D eigenvalue weighted by molar-refractivity contribution is 0.111. The summed E-state index contributed by atoms with van der Waals surface area (Å²) in [7, 11) is 1.55. The number of hydrogen-bond acceptors (Lipinski definition) is 3. The molecule has 3 nitrogen and oxygen atoms in total. The van der Waals surface area contributed by atoms with Crippen LogP contribution in [-0.4, -0.2) is 19.5 Å². The molecule has 1 aromatic rings. The third kappa shape index (κ3) is 1.25. The van der Waals surface area contributed by atoms with Gasteiger partial charge >= 0.3 is 0 Å². The van der Waals surface area contributed by atoms with Crippen LogP contribution in [0.1, 0.15) is 22.8 Å². The van der Waals surface area contributed by atoms with Crippen LogP contribution in [0.2, 0.25) is 0 Å². The van der Waals surface area contributed by atoms with Crippen LogP contribution in [-0.2, 0) is 6.42 Å². The van der Waals surface area contributed by atoms with Gasteiger partial charge in [0, 0.05) is 12.0 Å². The maximum absolute atomic E-state index is 10.7. The normalized spacial score (nSPS) is 18.6. The Morgan fingerprint density at radius 1 is 1.57 bits per heavy atom. The van der Waals surface area contributed by atoms with E-state index in [1.54, 1.807) is 13.2 Å². The Bertz CT molecular complexity index is 371. The summed E-state index contributed by atoms with van der Waals surface area (Å²) in [6, 6.07) is 3.69. The molecule has 1 aromatic carbocycles. The summed E-state index contributed by atoms with van der Waals surface area (Å²) in [5, 5.41) is 0. The summed E-state index contributed by atoms with van der Waals surface area (Å²) in [6.07, 6.45) is 1.83. The predicted octanol–water partition coefficient (Wildman–Crippen LogP) is 1.83. The number of carbonyl (C=O) groups excluding carboxylic acids is 1. The summed E-state index contributed by atoms with van der Waals surface area (Å²) in [5.41, 5.74) is 1.65. The molecule has 14 heavy (non-hydrogen) atoms. The van der Waals surface area contributed by atoms with E-state index in [-0.39, 0.29) is 6.10 Å². The van der Waals surface area contributed by atoms with E-state index in [0.29, 0.717) is 11.3 Å². The third-order valence-corrected chi connectivity index (χ3v) is 2.38. The van der Waals surface area contributed by atoms with Gasteiger partial charge < -0.3 is 9.47 Å². The van der Waals surface area contributed by atoms with Crippen LogP contribution in [0.3, 0.4) is 0 Å². The van der Waals surface area contributed by atoms with Gasteiger partial charge in [0.05, 0.1) is 12.7 Å². The smallest absolute Gasteiger partial charge is 0.171 e. The van der Waals surface area contributed by atoms with E-state index in [4.69, 9.17) is 9.47 Å². The van der Waals surface area contributed by atoms with Crippen molar-refractivity contribution in [2.24, 2.45) is 0 Å². The zero-order chi connectivity index (χ0) is 10.1. The van der Waals surface area contributed by atoms with Crippen molar-refractivity contribution in [3.8, 4) is 11.5 Å². The lowest BCUT2D eigenvalue weighted by Gasteiger charge is -2.09. The first kappa shape index (κ1) is 9.06. The largest absolute Gasteiger partial charge is 0.492 e. The fourth-order valence-electron chi connectivity index (χ4n) is 1.76. The molecule has 0 amide bonds. The Kier molecular flexibility index (Phi) is 2.15. The Morgan fingerprint density at radius 2 is 2.36 bits per heavy atom. The van der Waals surface area contributed by atoms with Crippen molar-refractivity contribution in [2.45, 2.75) is 19.4 Å². The van der Waals surface area contributed by atoms with Gasteiger partial charge in [-0.1, -0.05) is 6.07 Å². The average molecular weight is 192 g/mol. The molecule has 2 rings (SSSR count). The first-order chi connectivity index (χ1) is 6.76. The summed E-state index contributed by atoms with van der Waals surface area (Å²) in [6.45, 7) is 2.00. The molecule has 3 heteroatoms. The highest BCUT2D eigenvalue weighted by molar-refractivity contribution is 5.82. The number of ether oxygens (including phenoxy) is 2. The summed E-state index contributed by atoms with van der Waals surface area (Å²) >= 11 is 0. The number of hydrogen-bond donors (Lipinski definition) is 0. The number of fused-ring (bicyclic) bond motifs is 1. The van der Waals surface area contributed by atoms with Gasteiger partial charge in [0.1, 0.15) is 6.10 Å². The van der Waals surface area contributed by atoms with Crippen LogP contribution in [0.25, 0.3) is 0 Å². The quantitative estimate of drug-likeness (QED) is 0.670. The fourth-order valence-corrected chi connectivity index (χ4v) is 1.76. The predicted molar refractivity (Wildman–Crippen MR) is 52.2 cm³/mol. The molecular formula is C11H12O3. The molecule has 1 unspecified atom stereocenters. The number of methoxy groups -OCH3 is 1. The highest BCUT2D eigenvalue weighted by atomic mass is 16.5. The molecule has 0 spiro atoms. The van der Waals surface area contributed by atoms with Crippen molar-refractivity contribution >= 4 is 6.29 Å². The highest BCUT2D eigenvalue weighted by Crippen LogP contribution is 2.39. The molecule has 1 aliphatic heterocycles. The zero-order valence-corrected chi connectivity index (χ0v) is 8.24. The number of carbonyl (C=O) groups is 1. The van der Waals surface area contributed by atoms with Crippen molar-refractivity contribution in [2.75, 3.05) is 7.11 Å². The Morgan fingerprint density at radius 3 is 3.00 bits per heavy atom. The van der Waals surface area contributed by atoms with E-state index in [1.165, 1.54) is 0 Å². The maximum Gasteiger partial charge on any atom is 0.171 e. The van der Waals surface area contributed by atoms with E-state index >= 15 is 0 Å². The molecular weight excluding hydrogens is 180 g/mol. The van der Waals surface area contributed by atoms with E-state index in [9.17, 15) is 4.79 Å².